The van der Waals surface area contributed by atoms with E-state index in [2.05, 4.69) is 31.1 Å². The van der Waals surface area contributed by atoms with Gasteiger partial charge >= 0.3 is 0 Å². The Balaban J connectivity index is 0.000000156. The maximum absolute atomic E-state index is 11.0. The second kappa shape index (κ2) is 10.7. The van der Waals surface area contributed by atoms with Gasteiger partial charge in [0.1, 0.15) is 23.7 Å². The van der Waals surface area contributed by atoms with Gasteiger partial charge in [0.05, 0.1) is 37.4 Å². The number of nitrogens with zero attached hydrogens (tertiary/aromatic N) is 9. The number of nitro benzene ring substituents is 1. The van der Waals surface area contributed by atoms with Crippen LogP contribution >= 0.6 is 0 Å². The molecular weight excluding hydrogens is 500 g/mol. The van der Waals surface area contributed by atoms with Gasteiger partial charge in [0, 0.05) is 43.0 Å². The summed E-state index contributed by atoms with van der Waals surface area (Å²) < 4.78 is 24.4. The SMILES string of the molecule is Cn1nnnc1-c1cc(N)cc(OC2COC2)c1.Cn1nnnc1-c1cc(OC2COC2)cc([N+](=O)[O-])c1. The van der Waals surface area contributed by atoms with Crippen LogP contribution in [0.3, 0.4) is 0 Å². The van der Waals surface area contributed by atoms with E-state index in [1.807, 2.05) is 12.1 Å². The third kappa shape index (κ3) is 5.65. The highest BCUT2D eigenvalue weighted by molar-refractivity contribution is 5.64. The van der Waals surface area contributed by atoms with Gasteiger partial charge < -0.3 is 24.7 Å². The standard InChI is InChI=1S/C11H11N5O4.C11H13N5O2/c1-15-11(12-13-14-15)7-2-8(16(17)18)4-9(3-7)20-10-5-19-6-10;1-16-11(13-14-15-16)7-2-8(12)4-9(3-7)18-10-5-17-6-10/h2-4,10H,5-6H2,1H3;2-4,10H,5-6,12H2,1H3. The van der Waals surface area contributed by atoms with E-state index in [9.17, 15) is 10.1 Å². The molecule has 2 aromatic carbocycles. The van der Waals surface area contributed by atoms with E-state index >= 15 is 0 Å². The second-order valence-electron chi connectivity index (χ2n) is 8.57. The number of aryl methyl sites for hydroxylation is 2. The predicted molar refractivity (Wildman–Crippen MR) is 130 cm³/mol. The van der Waals surface area contributed by atoms with E-state index in [4.69, 9.17) is 24.7 Å². The van der Waals surface area contributed by atoms with Crippen molar-refractivity contribution < 1.29 is 23.9 Å². The van der Waals surface area contributed by atoms with Crippen LogP contribution in [-0.4, -0.2) is 84.0 Å². The average Bonchev–Trinajstić information content (AvgIpc) is 3.46. The number of nitro groups is 1. The molecular formula is C22H24N10O6. The molecule has 4 heterocycles. The minimum absolute atomic E-state index is 0.0672. The van der Waals surface area contributed by atoms with Crippen LogP contribution in [0.1, 0.15) is 0 Å². The van der Waals surface area contributed by atoms with Gasteiger partial charge in [-0.2, -0.15) is 0 Å². The van der Waals surface area contributed by atoms with Crippen molar-refractivity contribution in [2.24, 2.45) is 14.1 Å². The first-order chi connectivity index (χ1) is 18.4. The molecule has 2 aromatic heterocycles. The molecule has 0 saturated carbocycles. The lowest BCUT2D eigenvalue weighted by Crippen LogP contribution is -2.38. The Morgan fingerprint density at radius 2 is 1.34 bits per heavy atom. The van der Waals surface area contributed by atoms with Crippen LogP contribution in [0.25, 0.3) is 22.8 Å². The van der Waals surface area contributed by atoms with Crippen molar-refractivity contribution in [1.29, 1.82) is 0 Å². The summed E-state index contributed by atoms with van der Waals surface area (Å²) in [5.41, 5.74) is 7.77. The number of aromatic nitrogens is 8. The zero-order valence-electron chi connectivity index (χ0n) is 20.5. The number of nitrogens with two attached hydrogens (primary N) is 1. The van der Waals surface area contributed by atoms with Crippen LogP contribution in [-0.2, 0) is 23.6 Å². The fourth-order valence-corrected chi connectivity index (χ4v) is 3.60. The minimum atomic E-state index is -0.475. The van der Waals surface area contributed by atoms with Gasteiger partial charge in [0.25, 0.3) is 5.69 Å². The Kier molecular flexibility index (Phi) is 7.05. The van der Waals surface area contributed by atoms with E-state index in [-0.39, 0.29) is 17.9 Å². The molecule has 0 radical (unpaired) electrons. The van der Waals surface area contributed by atoms with Crippen molar-refractivity contribution >= 4 is 11.4 Å². The van der Waals surface area contributed by atoms with Gasteiger partial charge in [0.2, 0.25) is 0 Å². The number of anilines is 1. The number of hydrogen-bond donors (Lipinski definition) is 1. The van der Waals surface area contributed by atoms with Gasteiger partial charge in [-0.1, -0.05) is 0 Å². The van der Waals surface area contributed by atoms with Gasteiger partial charge in [-0.15, -0.1) is 10.2 Å². The van der Waals surface area contributed by atoms with Crippen LogP contribution in [0, 0.1) is 10.1 Å². The Bertz CT molecular complexity index is 1430. The van der Waals surface area contributed by atoms with Crippen molar-refractivity contribution in [2.45, 2.75) is 12.2 Å². The molecule has 2 aliphatic heterocycles. The summed E-state index contributed by atoms with van der Waals surface area (Å²) in [5, 5.41) is 33.4. The Labute approximate surface area is 215 Å². The molecule has 2 N–H and O–H groups in total. The van der Waals surface area contributed by atoms with Gasteiger partial charge in [-0.05, 0) is 39.1 Å². The third-order valence-corrected chi connectivity index (χ3v) is 5.61. The molecule has 6 rings (SSSR count). The molecule has 2 fully saturated rings. The number of non-ortho nitro benzene ring substituents is 1. The lowest BCUT2D eigenvalue weighted by atomic mass is 10.1. The van der Waals surface area contributed by atoms with Crippen LogP contribution in [0.5, 0.6) is 11.5 Å². The predicted octanol–water partition coefficient (Wildman–Crippen LogP) is 0.800. The first-order valence-corrected chi connectivity index (χ1v) is 11.5. The lowest BCUT2D eigenvalue weighted by Gasteiger charge is -2.27. The molecule has 0 spiro atoms. The number of hydrogen-bond acceptors (Lipinski definition) is 13. The van der Waals surface area contributed by atoms with Crippen molar-refractivity contribution in [3.8, 4) is 34.3 Å². The topological polar surface area (TPSA) is 193 Å². The Hall–Kier alpha value is -4.70. The van der Waals surface area contributed by atoms with E-state index in [0.717, 1.165) is 5.56 Å². The van der Waals surface area contributed by atoms with Crippen molar-refractivity contribution in [3.05, 3.63) is 46.5 Å². The number of nitrogen functional groups attached to an aromatic ring is 1. The van der Waals surface area contributed by atoms with Gasteiger partial charge in [0.15, 0.2) is 11.6 Å². The van der Waals surface area contributed by atoms with E-state index < -0.39 is 4.92 Å². The van der Waals surface area contributed by atoms with E-state index in [0.29, 0.717) is 60.8 Å². The van der Waals surface area contributed by atoms with Gasteiger partial charge in [-0.3, -0.25) is 10.1 Å². The summed E-state index contributed by atoms with van der Waals surface area (Å²) in [4.78, 5) is 10.5. The zero-order valence-corrected chi connectivity index (χ0v) is 20.5. The molecule has 0 atom stereocenters. The number of benzene rings is 2. The summed E-state index contributed by atoms with van der Waals surface area (Å²) in [7, 11) is 3.44. The summed E-state index contributed by atoms with van der Waals surface area (Å²) in [6, 6.07) is 9.94. The van der Waals surface area contributed by atoms with Crippen molar-refractivity contribution in [1.82, 2.24) is 40.4 Å². The number of tetrazole rings is 2. The molecule has 198 valence electrons. The smallest absolute Gasteiger partial charge is 0.273 e. The lowest BCUT2D eigenvalue weighted by molar-refractivity contribution is -0.384. The van der Waals surface area contributed by atoms with Crippen LogP contribution in [0.2, 0.25) is 0 Å². The normalized spacial score (nSPS) is 15.1. The molecule has 2 aliphatic rings. The van der Waals surface area contributed by atoms with Crippen LogP contribution in [0.15, 0.2) is 36.4 Å². The molecule has 16 nitrogen and oxygen atoms in total. The summed E-state index contributed by atoms with van der Waals surface area (Å²) in [6.07, 6.45) is 0.0414. The third-order valence-electron chi connectivity index (χ3n) is 5.61. The zero-order chi connectivity index (χ0) is 26.6. The first-order valence-electron chi connectivity index (χ1n) is 11.5. The molecule has 2 saturated heterocycles. The fraction of sp³-hybridized carbons (Fsp3) is 0.364. The Morgan fingerprint density at radius 1 is 0.842 bits per heavy atom. The minimum Gasteiger partial charge on any atom is -0.485 e. The van der Waals surface area contributed by atoms with E-state index in [1.54, 1.807) is 30.9 Å². The maximum Gasteiger partial charge on any atom is 0.273 e. The second-order valence-corrected chi connectivity index (χ2v) is 8.57. The van der Waals surface area contributed by atoms with Gasteiger partial charge in [-0.25, -0.2) is 9.36 Å². The first kappa shape index (κ1) is 25.0. The quantitative estimate of drug-likeness (QED) is 0.203. The van der Waals surface area contributed by atoms with Crippen LogP contribution in [0.4, 0.5) is 11.4 Å². The fourth-order valence-electron chi connectivity index (χ4n) is 3.60. The molecule has 16 heteroatoms. The van der Waals surface area contributed by atoms with Crippen molar-refractivity contribution in [3.63, 3.8) is 0 Å². The monoisotopic (exact) mass is 524 g/mol. The van der Waals surface area contributed by atoms with Crippen molar-refractivity contribution in [2.75, 3.05) is 32.2 Å². The summed E-state index contributed by atoms with van der Waals surface area (Å²) in [6.45, 7) is 2.22. The summed E-state index contributed by atoms with van der Waals surface area (Å²) >= 11 is 0. The molecule has 0 bridgehead atoms. The highest BCUT2D eigenvalue weighted by Gasteiger charge is 2.23. The van der Waals surface area contributed by atoms with E-state index in [1.165, 1.54) is 16.8 Å². The molecule has 38 heavy (non-hydrogen) atoms. The maximum atomic E-state index is 11.0. The average molecular weight is 524 g/mol. The molecule has 0 aliphatic carbocycles. The Morgan fingerprint density at radius 3 is 1.76 bits per heavy atom. The highest BCUT2D eigenvalue weighted by Crippen LogP contribution is 2.30. The highest BCUT2D eigenvalue weighted by atomic mass is 16.6. The van der Waals surface area contributed by atoms with Crippen LogP contribution < -0.4 is 15.2 Å². The largest absolute Gasteiger partial charge is 0.485 e. The molecule has 0 amide bonds. The number of rotatable bonds is 7. The number of ether oxygens (including phenoxy) is 4. The molecule has 4 aromatic rings. The summed E-state index contributed by atoms with van der Waals surface area (Å²) in [5.74, 6) is 2.20. The molecule has 0 unspecified atom stereocenters.